The molecule has 3 nitrogen and oxygen atoms in total. The minimum Gasteiger partial charge on any atom is -0.314 e. The van der Waals surface area contributed by atoms with Crippen molar-refractivity contribution in [2.45, 2.75) is 58.9 Å². The Bertz CT molecular complexity index is 325. The molecular weight excluding hydrogens is 210 g/mol. The molecule has 3 heteroatoms. The number of nitrogens with zero attached hydrogens (tertiary/aromatic N) is 2. The zero-order valence-electron chi connectivity index (χ0n) is 11.5. The first-order valence-electron chi connectivity index (χ1n) is 6.73. The molecule has 1 heterocycles. The van der Waals surface area contributed by atoms with Crippen molar-refractivity contribution in [2.75, 3.05) is 6.54 Å². The van der Waals surface area contributed by atoms with Gasteiger partial charge >= 0.3 is 0 Å². The fourth-order valence-corrected chi connectivity index (χ4v) is 1.86. The molecule has 0 saturated heterocycles. The van der Waals surface area contributed by atoms with Gasteiger partial charge in [0.25, 0.3) is 0 Å². The number of hydrogen-bond donors (Lipinski definition) is 1. The van der Waals surface area contributed by atoms with Gasteiger partial charge in [-0.1, -0.05) is 27.2 Å². The second-order valence-electron chi connectivity index (χ2n) is 4.72. The predicted octanol–water partition coefficient (Wildman–Crippen LogP) is 2.92. The molecule has 0 aliphatic heterocycles. The van der Waals surface area contributed by atoms with E-state index in [0.29, 0.717) is 12.0 Å². The van der Waals surface area contributed by atoms with Crippen molar-refractivity contribution in [1.29, 1.82) is 0 Å². The Balaban J connectivity index is 2.66. The molecule has 1 N–H and O–H groups in total. The van der Waals surface area contributed by atoms with Crippen molar-refractivity contribution in [3.05, 3.63) is 23.8 Å². The molecule has 0 aliphatic rings. The van der Waals surface area contributed by atoms with E-state index in [2.05, 4.69) is 49.0 Å². The average molecular weight is 235 g/mol. The highest BCUT2D eigenvalue weighted by atomic mass is 14.9. The number of aromatic nitrogens is 2. The maximum Gasteiger partial charge on any atom is 0.115 e. The van der Waals surface area contributed by atoms with E-state index in [4.69, 9.17) is 0 Å². The molecule has 1 aromatic heterocycles. The van der Waals surface area contributed by atoms with Crippen LogP contribution in [0.15, 0.2) is 12.4 Å². The van der Waals surface area contributed by atoms with E-state index < -0.39 is 0 Å². The van der Waals surface area contributed by atoms with Crippen LogP contribution in [-0.4, -0.2) is 22.6 Å². The summed E-state index contributed by atoms with van der Waals surface area (Å²) in [6.07, 6.45) is 5.04. The standard InChI is InChI=1S/C14H25N3/c1-5-7-13-9-14(17-10-16-13)11(3)12(4)15-8-6-2/h9-12,15H,5-8H2,1-4H3. The minimum atomic E-state index is 0.431. The van der Waals surface area contributed by atoms with Gasteiger partial charge in [0.1, 0.15) is 6.33 Å². The molecule has 0 radical (unpaired) electrons. The van der Waals surface area contributed by atoms with Crippen molar-refractivity contribution in [3.8, 4) is 0 Å². The molecule has 1 rings (SSSR count). The number of nitrogens with one attached hydrogen (secondary N) is 1. The maximum absolute atomic E-state index is 4.40. The molecule has 0 fully saturated rings. The van der Waals surface area contributed by atoms with E-state index >= 15 is 0 Å². The number of hydrogen-bond acceptors (Lipinski definition) is 3. The maximum atomic E-state index is 4.40. The fraction of sp³-hybridized carbons (Fsp3) is 0.714. The van der Waals surface area contributed by atoms with Gasteiger partial charge in [-0.25, -0.2) is 9.97 Å². The van der Waals surface area contributed by atoms with E-state index in [1.165, 1.54) is 6.42 Å². The Morgan fingerprint density at radius 3 is 2.59 bits per heavy atom. The minimum absolute atomic E-state index is 0.431. The van der Waals surface area contributed by atoms with Gasteiger partial charge in [0.05, 0.1) is 0 Å². The van der Waals surface area contributed by atoms with Crippen molar-refractivity contribution in [2.24, 2.45) is 0 Å². The lowest BCUT2D eigenvalue weighted by Gasteiger charge is -2.20. The smallest absolute Gasteiger partial charge is 0.115 e. The summed E-state index contributed by atoms with van der Waals surface area (Å²) >= 11 is 0. The second kappa shape index (κ2) is 7.38. The molecule has 0 aliphatic carbocycles. The van der Waals surface area contributed by atoms with Crippen LogP contribution in [0.4, 0.5) is 0 Å². The summed E-state index contributed by atoms with van der Waals surface area (Å²) in [5, 5.41) is 3.52. The highest BCUT2D eigenvalue weighted by Crippen LogP contribution is 2.17. The Kier molecular flexibility index (Phi) is 6.12. The highest BCUT2D eigenvalue weighted by molar-refractivity contribution is 5.14. The topological polar surface area (TPSA) is 37.8 Å². The van der Waals surface area contributed by atoms with E-state index in [1.807, 2.05) is 0 Å². The Labute approximate surface area is 105 Å². The summed E-state index contributed by atoms with van der Waals surface area (Å²) in [5.74, 6) is 0.431. The van der Waals surface area contributed by atoms with Crippen LogP contribution in [0, 0.1) is 0 Å². The molecule has 2 atom stereocenters. The van der Waals surface area contributed by atoms with E-state index in [1.54, 1.807) is 6.33 Å². The van der Waals surface area contributed by atoms with Crippen LogP contribution in [0.3, 0.4) is 0 Å². The van der Waals surface area contributed by atoms with Gasteiger partial charge in [-0.05, 0) is 32.4 Å². The Morgan fingerprint density at radius 1 is 1.18 bits per heavy atom. The van der Waals surface area contributed by atoms with Crippen LogP contribution in [0.2, 0.25) is 0 Å². The van der Waals surface area contributed by atoms with Gasteiger partial charge in [0.15, 0.2) is 0 Å². The molecule has 0 spiro atoms. The molecule has 0 aromatic carbocycles. The fourth-order valence-electron chi connectivity index (χ4n) is 1.86. The van der Waals surface area contributed by atoms with Gasteiger partial charge in [-0.15, -0.1) is 0 Å². The summed E-state index contributed by atoms with van der Waals surface area (Å²) in [6, 6.07) is 2.61. The molecule has 1 aromatic rings. The molecule has 17 heavy (non-hydrogen) atoms. The molecular formula is C14H25N3. The number of aryl methyl sites for hydroxylation is 1. The lowest BCUT2D eigenvalue weighted by atomic mass is 9.98. The summed E-state index contributed by atoms with van der Waals surface area (Å²) in [6.45, 7) is 9.89. The van der Waals surface area contributed by atoms with Crippen LogP contribution in [-0.2, 0) is 6.42 Å². The number of rotatable bonds is 7. The van der Waals surface area contributed by atoms with Gasteiger partial charge in [0, 0.05) is 23.3 Å². The summed E-state index contributed by atoms with van der Waals surface area (Å²) in [4.78, 5) is 8.70. The molecule has 0 bridgehead atoms. The normalized spacial score (nSPS) is 14.6. The Morgan fingerprint density at radius 2 is 1.94 bits per heavy atom. The van der Waals surface area contributed by atoms with Gasteiger partial charge in [0.2, 0.25) is 0 Å². The third kappa shape index (κ3) is 4.43. The Hall–Kier alpha value is -0.960. The van der Waals surface area contributed by atoms with Gasteiger partial charge in [-0.3, -0.25) is 0 Å². The lowest BCUT2D eigenvalue weighted by molar-refractivity contribution is 0.473. The van der Waals surface area contributed by atoms with E-state index in [-0.39, 0.29) is 0 Å². The van der Waals surface area contributed by atoms with Crippen LogP contribution in [0.1, 0.15) is 57.8 Å². The van der Waals surface area contributed by atoms with Crippen LogP contribution < -0.4 is 5.32 Å². The van der Waals surface area contributed by atoms with E-state index in [0.717, 1.165) is 30.8 Å². The first-order chi connectivity index (χ1) is 8.19. The largest absolute Gasteiger partial charge is 0.314 e. The SMILES string of the molecule is CCCNC(C)C(C)c1cc(CCC)ncn1. The summed E-state index contributed by atoms with van der Waals surface area (Å²) < 4.78 is 0. The van der Waals surface area contributed by atoms with E-state index in [9.17, 15) is 0 Å². The van der Waals surface area contributed by atoms with Gasteiger partial charge in [-0.2, -0.15) is 0 Å². The van der Waals surface area contributed by atoms with Crippen molar-refractivity contribution >= 4 is 0 Å². The third-order valence-corrected chi connectivity index (χ3v) is 3.18. The van der Waals surface area contributed by atoms with Crippen molar-refractivity contribution in [3.63, 3.8) is 0 Å². The predicted molar refractivity (Wildman–Crippen MR) is 72.2 cm³/mol. The highest BCUT2D eigenvalue weighted by Gasteiger charge is 2.15. The quantitative estimate of drug-likeness (QED) is 0.789. The van der Waals surface area contributed by atoms with Crippen LogP contribution in [0.25, 0.3) is 0 Å². The monoisotopic (exact) mass is 235 g/mol. The first kappa shape index (κ1) is 14.1. The molecule has 0 saturated carbocycles. The lowest BCUT2D eigenvalue weighted by Crippen LogP contribution is -2.31. The molecule has 2 unspecified atom stereocenters. The second-order valence-corrected chi connectivity index (χ2v) is 4.72. The zero-order chi connectivity index (χ0) is 12.7. The summed E-state index contributed by atoms with van der Waals surface area (Å²) in [7, 11) is 0. The molecule has 0 amide bonds. The van der Waals surface area contributed by atoms with Crippen molar-refractivity contribution < 1.29 is 0 Å². The average Bonchev–Trinajstić information content (AvgIpc) is 2.35. The zero-order valence-corrected chi connectivity index (χ0v) is 11.5. The first-order valence-corrected chi connectivity index (χ1v) is 6.73. The van der Waals surface area contributed by atoms with Crippen LogP contribution in [0.5, 0.6) is 0 Å². The van der Waals surface area contributed by atoms with Crippen LogP contribution >= 0.6 is 0 Å². The van der Waals surface area contributed by atoms with Gasteiger partial charge < -0.3 is 5.32 Å². The summed E-state index contributed by atoms with van der Waals surface area (Å²) in [5.41, 5.74) is 2.31. The third-order valence-electron chi connectivity index (χ3n) is 3.18. The molecule has 96 valence electrons. The van der Waals surface area contributed by atoms with Crippen molar-refractivity contribution in [1.82, 2.24) is 15.3 Å².